The second kappa shape index (κ2) is 10.2. The molecule has 0 unspecified atom stereocenters. The molecule has 3 rings (SSSR count). The predicted octanol–water partition coefficient (Wildman–Crippen LogP) is 7.10. The van der Waals surface area contributed by atoms with Crippen molar-refractivity contribution in [1.82, 2.24) is 0 Å². The normalized spacial score (nSPS) is 12.3. The second-order valence-electron chi connectivity index (χ2n) is 7.31. The first-order chi connectivity index (χ1) is 13.7. The maximum Gasteiger partial charge on any atom is 0.0742 e. The number of hydrogen-bond donors (Lipinski definition) is 0. The Balaban J connectivity index is 1.78. The highest BCUT2D eigenvalue weighted by Crippen LogP contribution is 2.27. The zero-order valence-electron chi connectivity index (χ0n) is 16.8. The molecule has 0 bridgehead atoms. The average Bonchev–Trinajstić information content (AvgIpc) is 2.73. The van der Waals surface area contributed by atoms with E-state index in [0.29, 0.717) is 0 Å². The Morgan fingerprint density at radius 2 is 1.89 bits per heavy atom. The van der Waals surface area contributed by atoms with Crippen LogP contribution < -0.4 is 0 Å². The molecule has 0 saturated heterocycles. The van der Waals surface area contributed by atoms with Crippen molar-refractivity contribution >= 4 is 29.1 Å². The van der Waals surface area contributed by atoms with Gasteiger partial charge in [-0.1, -0.05) is 56.7 Å². The van der Waals surface area contributed by atoms with Gasteiger partial charge >= 0.3 is 0 Å². The van der Waals surface area contributed by atoms with E-state index >= 15 is 0 Å². The van der Waals surface area contributed by atoms with Crippen LogP contribution in [0.25, 0.3) is 6.08 Å². The molecule has 0 amide bonds. The fourth-order valence-corrected chi connectivity index (χ4v) is 3.75. The van der Waals surface area contributed by atoms with Gasteiger partial charge in [0.1, 0.15) is 0 Å². The molecule has 2 aromatic rings. The summed E-state index contributed by atoms with van der Waals surface area (Å²) in [5.41, 5.74) is 8.59. The Hall–Kier alpha value is -2.46. The molecule has 0 aromatic heterocycles. The van der Waals surface area contributed by atoms with Gasteiger partial charge in [0.25, 0.3) is 0 Å². The molecule has 0 spiro atoms. The van der Waals surface area contributed by atoms with Gasteiger partial charge in [0.2, 0.25) is 0 Å². The summed E-state index contributed by atoms with van der Waals surface area (Å²) in [4.78, 5) is 4.08. The van der Waals surface area contributed by atoms with Crippen LogP contribution in [0, 0.1) is 11.8 Å². The smallest absolute Gasteiger partial charge is 0.0742 e. The molecule has 0 saturated carbocycles. The van der Waals surface area contributed by atoms with Gasteiger partial charge in [0.15, 0.2) is 0 Å². The fraction of sp³-hybridized carbons (Fsp3) is 0.346. The Morgan fingerprint density at radius 3 is 2.68 bits per heavy atom. The van der Waals surface area contributed by atoms with E-state index in [1.165, 1.54) is 59.1 Å². The lowest BCUT2D eigenvalue weighted by atomic mass is 9.91. The van der Waals surface area contributed by atoms with E-state index in [9.17, 15) is 0 Å². The number of thiocarbonyl (C=S) groups is 1. The standard InChI is InChI=1S/C26H27NS/c1-3-5-6-7-20-8-11-23(22(4-2)16-20)12-9-21-10-13-25-18-26(27-19-28)15-14-24(25)17-21/h8,11,14-18H,3-7,10,13H2,1-2H3. The Morgan fingerprint density at radius 1 is 1.00 bits per heavy atom. The summed E-state index contributed by atoms with van der Waals surface area (Å²) in [5, 5.41) is 2.44. The van der Waals surface area contributed by atoms with E-state index in [0.717, 1.165) is 24.9 Å². The first kappa shape index (κ1) is 20.3. The zero-order valence-corrected chi connectivity index (χ0v) is 17.7. The molecule has 2 aromatic carbocycles. The third-order valence-corrected chi connectivity index (χ3v) is 5.36. The Kier molecular flexibility index (Phi) is 7.38. The molecule has 1 aliphatic carbocycles. The van der Waals surface area contributed by atoms with Crippen molar-refractivity contribution < 1.29 is 0 Å². The summed E-state index contributed by atoms with van der Waals surface area (Å²) in [6.07, 6.45) is 10.2. The highest BCUT2D eigenvalue weighted by molar-refractivity contribution is 7.78. The van der Waals surface area contributed by atoms with Crippen molar-refractivity contribution in [1.29, 1.82) is 0 Å². The fourth-order valence-electron chi connectivity index (χ4n) is 3.64. The monoisotopic (exact) mass is 385 g/mol. The van der Waals surface area contributed by atoms with Gasteiger partial charge in [0.05, 0.1) is 10.8 Å². The SMILES string of the molecule is CCCCCc1ccc(C#CC2=Cc3ccc(N=C=S)cc3CC2)c(CC)c1. The third-order valence-electron chi connectivity index (χ3n) is 5.27. The van der Waals surface area contributed by atoms with Crippen LogP contribution in [0.2, 0.25) is 0 Å². The van der Waals surface area contributed by atoms with Gasteiger partial charge in [0, 0.05) is 11.1 Å². The average molecular weight is 386 g/mol. The molecule has 1 aliphatic rings. The van der Waals surface area contributed by atoms with Crippen molar-refractivity contribution in [2.75, 3.05) is 0 Å². The van der Waals surface area contributed by atoms with Crippen LogP contribution in [-0.2, 0) is 19.3 Å². The first-order valence-corrected chi connectivity index (χ1v) is 10.7. The Labute approximate surface area is 174 Å². The maximum absolute atomic E-state index is 4.70. The number of aliphatic imine (C=N–C) groups is 1. The van der Waals surface area contributed by atoms with Crippen LogP contribution in [0.5, 0.6) is 0 Å². The topological polar surface area (TPSA) is 12.4 Å². The molecule has 0 fully saturated rings. The summed E-state index contributed by atoms with van der Waals surface area (Å²) in [5.74, 6) is 6.85. The number of unbranched alkanes of at least 4 members (excludes halogenated alkanes) is 2. The van der Waals surface area contributed by atoms with Crippen molar-refractivity contribution in [3.8, 4) is 11.8 Å². The van der Waals surface area contributed by atoms with Gasteiger partial charge in [-0.15, -0.1) is 0 Å². The summed E-state index contributed by atoms with van der Waals surface area (Å²) in [6.45, 7) is 4.47. The van der Waals surface area contributed by atoms with Crippen LogP contribution in [0.15, 0.2) is 47.0 Å². The van der Waals surface area contributed by atoms with Crippen LogP contribution in [0.4, 0.5) is 5.69 Å². The third kappa shape index (κ3) is 5.29. The molecular weight excluding hydrogens is 358 g/mol. The van der Waals surface area contributed by atoms with E-state index < -0.39 is 0 Å². The molecule has 28 heavy (non-hydrogen) atoms. The highest BCUT2D eigenvalue weighted by atomic mass is 32.1. The van der Waals surface area contributed by atoms with Gasteiger partial charge in [-0.2, -0.15) is 4.99 Å². The summed E-state index contributed by atoms with van der Waals surface area (Å²) < 4.78 is 0. The van der Waals surface area contributed by atoms with Crippen molar-refractivity contribution in [3.05, 3.63) is 69.8 Å². The van der Waals surface area contributed by atoms with Crippen LogP contribution in [-0.4, -0.2) is 5.16 Å². The largest absolute Gasteiger partial charge is 0.195 e. The Bertz CT molecular complexity index is 981. The van der Waals surface area contributed by atoms with Crippen LogP contribution >= 0.6 is 12.2 Å². The van der Waals surface area contributed by atoms with Crippen LogP contribution in [0.1, 0.15) is 67.3 Å². The van der Waals surface area contributed by atoms with E-state index in [2.05, 4.69) is 72.2 Å². The van der Waals surface area contributed by atoms with Gasteiger partial charge < -0.3 is 0 Å². The van der Waals surface area contributed by atoms with Crippen molar-refractivity contribution in [2.45, 2.75) is 58.8 Å². The zero-order chi connectivity index (χ0) is 19.8. The van der Waals surface area contributed by atoms with E-state index in [1.807, 2.05) is 6.07 Å². The highest BCUT2D eigenvalue weighted by Gasteiger charge is 2.10. The molecule has 0 aliphatic heterocycles. The van der Waals surface area contributed by atoms with E-state index in [4.69, 9.17) is 12.2 Å². The second-order valence-corrected chi connectivity index (χ2v) is 7.49. The number of isothiocyanates is 1. The minimum absolute atomic E-state index is 0.878. The number of aryl methyl sites for hydroxylation is 3. The summed E-state index contributed by atoms with van der Waals surface area (Å²) in [6, 6.07) is 13.0. The minimum atomic E-state index is 0.878. The van der Waals surface area contributed by atoms with Crippen LogP contribution in [0.3, 0.4) is 0 Å². The van der Waals surface area contributed by atoms with Crippen molar-refractivity contribution in [3.63, 3.8) is 0 Å². The lowest BCUT2D eigenvalue weighted by molar-refractivity contribution is 0.717. The predicted molar refractivity (Wildman–Crippen MR) is 123 cm³/mol. The number of allylic oxidation sites excluding steroid dienone is 1. The van der Waals surface area contributed by atoms with Gasteiger partial charge in [-0.3, -0.25) is 0 Å². The minimum Gasteiger partial charge on any atom is -0.195 e. The van der Waals surface area contributed by atoms with Gasteiger partial charge in [-0.25, -0.2) is 0 Å². The summed E-state index contributed by atoms with van der Waals surface area (Å²) in [7, 11) is 0. The number of fused-ring (bicyclic) bond motifs is 1. The molecule has 0 atom stereocenters. The van der Waals surface area contributed by atoms with Gasteiger partial charge in [-0.05, 0) is 90.9 Å². The molecule has 0 radical (unpaired) electrons. The quantitative estimate of drug-likeness (QED) is 0.224. The number of benzene rings is 2. The first-order valence-electron chi connectivity index (χ1n) is 10.3. The lowest BCUT2D eigenvalue weighted by Crippen LogP contribution is -1.98. The van der Waals surface area contributed by atoms with Crippen molar-refractivity contribution in [2.24, 2.45) is 4.99 Å². The molecule has 1 nitrogen and oxygen atoms in total. The maximum atomic E-state index is 4.70. The number of rotatable bonds is 6. The number of nitrogens with zero attached hydrogens (tertiary/aromatic N) is 1. The summed E-state index contributed by atoms with van der Waals surface area (Å²) >= 11 is 4.70. The molecule has 142 valence electrons. The molecule has 2 heteroatoms. The number of hydrogen-bond acceptors (Lipinski definition) is 2. The molecule has 0 N–H and O–H groups in total. The van der Waals surface area contributed by atoms with E-state index in [-0.39, 0.29) is 0 Å². The molecule has 0 heterocycles. The molecular formula is C26H27NS. The lowest BCUT2D eigenvalue weighted by Gasteiger charge is -2.13. The van der Waals surface area contributed by atoms with E-state index in [1.54, 1.807) is 0 Å².